The van der Waals surface area contributed by atoms with Crippen LogP contribution in [0.3, 0.4) is 0 Å². The Morgan fingerprint density at radius 1 is 1.60 bits per heavy atom. The van der Waals surface area contributed by atoms with Crippen LogP contribution < -0.4 is 11.1 Å². The molecule has 0 radical (unpaired) electrons. The minimum Gasteiger partial charge on any atom is -0.352 e. The molecule has 4 heteroatoms. The second-order valence-electron chi connectivity index (χ2n) is 3.77. The lowest BCUT2D eigenvalue weighted by atomic mass is 10.2. The molecule has 1 aromatic heterocycles. The number of hydrogen-bond donors (Lipinski definition) is 2. The quantitative estimate of drug-likeness (QED) is 0.765. The predicted octanol–water partition coefficient (Wildman–Crippen LogP) is 0.744. The van der Waals surface area contributed by atoms with Gasteiger partial charge in [0.05, 0.1) is 0 Å². The van der Waals surface area contributed by atoms with Crippen LogP contribution in [-0.2, 0) is 11.3 Å². The maximum atomic E-state index is 11.3. The van der Waals surface area contributed by atoms with E-state index in [2.05, 4.69) is 10.3 Å². The van der Waals surface area contributed by atoms with Crippen molar-refractivity contribution in [3.8, 4) is 0 Å². The molecule has 3 N–H and O–H groups in total. The van der Waals surface area contributed by atoms with E-state index in [1.807, 2.05) is 26.0 Å². The Balaban J connectivity index is 2.37. The number of carbonyl (C=O) groups is 1. The zero-order chi connectivity index (χ0) is 11.3. The molecule has 0 fully saturated rings. The van der Waals surface area contributed by atoms with Crippen LogP contribution in [-0.4, -0.2) is 16.9 Å². The first-order chi connectivity index (χ1) is 7.08. The molecule has 0 saturated heterocycles. The van der Waals surface area contributed by atoms with E-state index >= 15 is 0 Å². The molecule has 0 aliphatic heterocycles. The van der Waals surface area contributed by atoms with E-state index in [0.717, 1.165) is 11.3 Å². The van der Waals surface area contributed by atoms with Gasteiger partial charge in [0.15, 0.2) is 0 Å². The molecular weight excluding hydrogens is 190 g/mol. The highest BCUT2D eigenvalue weighted by molar-refractivity contribution is 5.76. The molecule has 1 amide bonds. The van der Waals surface area contributed by atoms with Crippen molar-refractivity contribution in [3.63, 3.8) is 0 Å². The summed E-state index contributed by atoms with van der Waals surface area (Å²) in [5.74, 6) is -0.0226. The largest absolute Gasteiger partial charge is 0.352 e. The van der Waals surface area contributed by atoms with Crippen LogP contribution in [0.5, 0.6) is 0 Å². The summed E-state index contributed by atoms with van der Waals surface area (Å²) in [6.45, 7) is 4.25. The maximum Gasteiger partial charge on any atom is 0.221 e. The molecule has 1 unspecified atom stereocenters. The van der Waals surface area contributed by atoms with Crippen molar-refractivity contribution in [1.82, 2.24) is 10.3 Å². The molecule has 0 aliphatic rings. The SMILES string of the molecule is Cc1ccc(CNC(=O)CC(C)N)cn1. The van der Waals surface area contributed by atoms with Gasteiger partial charge in [-0.2, -0.15) is 0 Å². The highest BCUT2D eigenvalue weighted by Gasteiger charge is 2.04. The van der Waals surface area contributed by atoms with Crippen LogP contribution in [0.4, 0.5) is 0 Å². The summed E-state index contributed by atoms with van der Waals surface area (Å²) < 4.78 is 0. The molecule has 1 atom stereocenters. The van der Waals surface area contributed by atoms with E-state index in [9.17, 15) is 4.79 Å². The summed E-state index contributed by atoms with van der Waals surface area (Å²) in [6, 6.07) is 3.78. The molecule has 0 bridgehead atoms. The zero-order valence-electron chi connectivity index (χ0n) is 9.16. The average Bonchev–Trinajstić information content (AvgIpc) is 2.16. The van der Waals surface area contributed by atoms with Crippen molar-refractivity contribution >= 4 is 5.91 Å². The number of carbonyl (C=O) groups excluding carboxylic acids is 1. The number of amides is 1. The number of aryl methyl sites for hydroxylation is 1. The smallest absolute Gasteiger partial charge is 0.221 e. The maximum absolute atomic E-state index is 11.3. The number of nitrogens with one attached hydrogen (secondary N) is 1. The highest BCUT2D eigenvalue weighted by Crippen LogP contribution is 1.98. The molecule has 15 heavy (non-hydrogen) atoms. The summed E-state index contributed by atoms with van der Waals surface area (Å²) in [5.41, 5.74) is 7.48. The number of aromatic nitrogens is 1. The average molecular weight is 207 g/mol. The highest BCUT2D eigenvalue weighted by atomic mass is 16.1. The fraction of sp³-hybridized carbons (Fsp3) is 0.455. The Morgan fingerprint density at radius 2 is 2.33 bits per heavy atom. The van der Waals surface area contributed by atoms with Gasteiger partial charge in [-0.25, -0.2) is 0 Å². The van der Waals surface area contributed by atoms with E-state index in [0.29, 0.717) is 13.0 Å². The third-order valence-corrected chi connectivity index (χ3v) is 1.97. The Hall–Kier alpha value is -1.42. The molecule has 4 nitrogen and oxygen atoms in total. The van der Waals surface area contributed by atoms with Crippen molar-refractivity contribution in [1.29, 1.82) is 0 Å². The first-order valence-corrected chi connectivity index (χ1v) is 5.01. The Morgan fingerprint density at radius 3 is 2.87 bits per heavy atom. The van der Waals surface area contributed by atoms with Gasteiger partial charge in [0, 0.05) is 30.9 Å². The van der Waals surface area contributed by atoms with Gasteiger partial charge in [0.2, 0.25) is 5.91 Å². The molecule has 82 valence electrons. The van der Waals surface area contributed by atoms with Gasteiger partial charge in [-0.1, -0.05) is 6.07 Å². The number of nitrogens with two attached hydrogens (primary N) is 1. The zero-order valence-corrected chi connectivity index (χ0v) is 9.16. The summed E-state index contributed by atoms with van der Waals surface area (Å²) in [6.07, 6.45) is 2.13. The van der Waals surface area contributed by atoms with Gasteiger partial charge in [0.25, 0.3) is 0 Å². The van der Waals surface area contributed by atoms with Gasteiger partial charge >= 0.3 is 0 Å². The van der Waals surface area contributed by atoms with Crippen LogP contribution >= 0.6 is 0 Å². The molecule has 0 saturated carbocycles. The van der Waals surface area contributed by atoms with Gasteiger partial charge in [-0.15, -0.1) is 0 Å². The van der Waals surface area contributed by atoms with Crippen molar-refractivity contribution < 1.29 is 4.79 Å². The monoisotopic (exact) mass is 207 g/mol. The van der Waals surface area contributed by atoms with E-state index in [4.69, 9.17) is 5.73 Å². The second-order valence-corrected chi connectivity index (χ2v) is 3.77. The Kier molecular flexibility index (Phi) is 4.24. The summed E-state index contributed by atoms with van der Waals surface area (Å²) >= 11 is 0. The van der Waals surface area contributed by atoms with Crippen molar-refractivity contribution in [3.05, 3.63) is 29.6 Å². The topological polar surface area (TPSA) is 68.0 Å². The lowest BCUT2D eigenvalue weighted by molar-refractivity contribution is -0.121. The summed E-state index contributed by atoms with van der Waals surface area (Å²) in [4.78, 5) is 15.4. The Labute approximate surface area is 89.9 Å². The molecule has 0 aromatic carbocycles. The van der Waals surface area contributed by atoms with E-state index < -0.39 is 0 Å². The molecule has 0 aliphatic carbocycles. The number of hydrogen-bond acceptors (Lipinski definition) is 3. The van der Waals surface area contributed by atoms with E-state index in [1.54, 1.807) is 6.20 Å². The van der Waals surface area contributed by atoms with E-state index in [-0.39, 0.29) is 11.9 Å². The van der Waals surface area contributed by atoms with Crippen molar-refractivity contribution in [2.24, 2.45) is 5.73 Å². The van der Waals surface area contributed by atoms with Crippen LogP contribution in [0.1, 0.15) is 24.6 Å². The van der Waals surface area contributed by atoms with Crippen LogP contribution in [0.2, 0.25) is 0 Å². The number of nitrogens with zero attached hydrogens (tertiary/aromatic N) is 1. The van der Waals surface area contributed by atoms with E-state index in [1.165, 1.54) is 0 Å². The normalized spacial score (nSPS) is 12.2. The molecule has 1 heterocycles. The van der Waals surface area contributed by atoms with Crippen LogP contribution in [0.25, 0.3) is 0 Å². The molecule has 0 spiro atoms. The fourth-order valence-corrected chi connectivity index (χ4v) is 1.17. The van der Waals surface area contributed by atoms with Gasteiger partial charge in [-0.05, 0) is 25.5 Å². The molecule has 1 aromatic rings. The van der Waals surface area contributed by atoms with Gasteiger partial charge in [-0.3, -0.25) is 9.78 Å². The number of rotatable bonds is 4. The third kappa shape index (κ3) is 4.56. The third-order valence-electron chi connectivity index (χ3n) is 1.97. The minimum absolute atomic E-state index is 0.0226. The van der Waals surface area contributed by atoms with Crippen molar-refractivity contribution in [2.45, 2.75) is 32.9 Å². The Bertz CT molecular complexity index is 319. The summed E-state index contributed by atoms with van der Waals surface area (Å²) in [7, 11) is 0. The number of pyridine rings is 1. The predicted molar refractivity (Wildman–Crippen MR) is 59.1 cm³/mol. The lowest BCUT2D eigenvalue weighted by Gasteiger charge is -2.07. The molecular formula is C11H17N3O. The second kappa shape index (κ2) is 5.46. The molecule has 1 rings (SSSR count). The minimum atomic E-state index is -0.0962. The standard InChI is InChI=1S/C11H17N3O/c1-8(12)5-11(15)14-7-10-4-3-9(2)13-6-10/h3-4,6,8H,5,7,12H2,1-2H3,(H,14,15). The van der Waals surface area contributed by atoms with Crippen LogP contribution in [0.15, 0.2) is 18.3 Å². The lowest BCUT2D eigenvalue weighted by Crippen LogP contribution is -2.29. The fourth-order valence-electron chi connectivity index (χ4n) is 1.17. The van der Waals surface area contributed by atoms with Crippen molar-refractivity contribution in [2.75, 3.05) is 0 Å². The first-order valence-electron chi connectivity index (χ1n) is 5.01. The van der Waals surface area contributed by atoms with Gasteiger partial charge < -0.3 is 11.1 Å². The first kappa shape index (κ1) is 11.7. The van der Waals surface area contributed by atoms with Crippen LogP contribution in [0, 0.1) is 6.92 Å². The summed E-state index contributed by atoms with van der Waals surface area (Å²) in [5, 5.41) is 2.79. The van der Waals surface area contributed by atoms with Gasteiger partial charge in [0.1, 0.15) is 0 Å².